The van der Waals surface area contributed by atoms with E-state index in [0.717, 1.165) is 20.8 Å². The SMILES string of the molecule is CCN1PC(NC(=O)c2ccc3scc(C)c3c2)C12CC2. The first-order valence-electron chi connectivity index (χ1n) is 7.46. The zero-order chi connectivity index (χ0) is 14.6. The van der Waals surface area contributed by atoms with Crippen molar-refractivity contribution < 1.29 is 4.79 Å². The third-order valence-corrected chi connectivity index (χ3v) is 7.84. The van der Waals surface area contributed by atoms with Gasteiger partial charge in [0, 0.05) is 15.8 Å². The summed E-state index contributed by atoms with van der Waals surface area (Å²) in [6, 6.07) is 6.05. The Labute approximate surface area is 130 Å². The molecule has 110 valence electrons. The van der Waals surface area contributed by atoms with Crippen LogP contribution in [0.5, 0.6) is 0 Å². The molecular formula is C16H19N2OPS. The van der Waals surface area contributed by atoms with Gasteiger partial charge in [-0.2, -0.15) is 0 Å². The van der Waals surface area contributed by atoms with E-state index in [1.807, 2.05) is 12.1 Å². The molecule has 4 rings (SSSR count). The van der Waals surface area contributed by atoms with Crippen molar-refractivity contribution in [2.24, 2.45) is 0 Å². The summed E-state index contributed by atoms with van der Waals surface area (Å²) in [4.78, 5) is 12.5. The Morgan fingerprint density at radius 1 is 1.52 bits per heavy atom. The number of rotatable bonds is 3. The van der Waals surface area contributed by atoms with Crippen molar-refractivity contribution in [1.82, 2.24) is 9.99 Å². The van der Waals surface area contributed by atoms with E-state index in [2.05, 4.69) is 35.3 Å². The molecule has 3 nitrogen and oxygen atoms in total. The van der Waals surface area contributed by atoms with Gasteiger partial charge in [-0.3, -0.25) is 9.46 Å². The Balaban J connectivity index is 1.53. The average molecular weight is 318 g/mol. The number of aryl methyl sites for hydroxylation is 1. The van der Waals surface area contributed by atoms with E-state index in [1.54, 1.807) is 11.3 Å². The highest BCUT2D eigenvalue weighted by Gasteiger charge is 2.61. The van der Waals surface area contributed by atoms with E-state index < -0.39 is 0 Å². The van der Waals surface area contributed by atoms with Crippen LogP contribution in [-0.4, -0.2) is 28.4 Å². The minimum Gasteiger partial charge on any atom is -0.343 e. The van der Waals surface area contributed by atoms with Gasteiger partial charge in [0.25, 0.3) is 5.91 Å². The highest BCUT2D eigenvalue weighted by molar-refractivity contribution is 7.38. The molecule has 2 aliphatic rings. The summed E-state index contributed by atoms with van der Waals surface area (Å²) in [5.74, 6) is 0.450. The third-order valence-electron chi connectivity index (χ3n) is 4.74. The molecule has 2 atom stereocenters. The summed E-state index contributed by atoms with van der Waals surface area (Å²) in [5, 5.41) is 6.62. The van der Waals surface area contributed by atoms with Crippen LogP contribution in [-0.2, 0) is 0 Å². The van der Waals surface area contributed by atoms with Crippen LogP contribution in [0.1, 0.15) is 35.7 Å². The topological polar surface area (TPSA) is 32.3 Å². The maximum Gasteiger partial charge on any atom is 0.251 e. The number of hydrogen-bond acceptors (Lipinski definition) is 3. The molecule has 1 aliphatic carbocycles. The zero-order valence-corrected chi connectivity index (χ0v) is 14.1. The van der Waals surface area contributed by atoms with Crippen molar-refractivity contribution in [3.63, 3.8) is 0 Å². The van der Waals surface area contributed by atoms with Crippen LogP contribution in [0, 0.1) is 6.92 Å². The van der Waals surface area contributed by atoms with Crippen molar-refractivity contribution in [2.75, 3.05) is 6.54 Å². The van der Waals surface area contributed by atoms with Gasteiger partial charge in [-0.05, 0) is 69.6 Å². The molecule has 5 heteroatoms. The maximum atomic E-state index is 12.5. The first kappa shape index (κ1) is 13.7. The molecule has 21 heavy (non-hydrogen) atoms. The van der Waals surface area contributed by atoms with Gasteiger partial charge in [-0.15, -0.1) is 11.3 Å². The quantitative estimate of drug-likeness (QED) is 0.875. The Bertz CT molecular complexity index is 722. The van der Waals surface area contributed by atoms with Gasteiger partial charge < -0.3 is 5.32 Å². The molecule has 1 aromatic carbocycles. The monoisotopic (exact) mass is 318 g/mol. The molecule has 2 aromatic rings. The van der Waals surface area contributed by atoms with Crippen molar-refractivity contribution in [3.8, 4) is 0 Å². The van der Waals surface area contributed by atoms with E-state index in [0.29, 0.717) is 11.3 Å². The van der Waals surface area contributed by atoms with Gasteiger partial charge in [-0.25, -0.2) is 0 Å². The van der Waals surface area contributed by atoms with Crippen LogP contribution in [0.4, 0.5) is 0 Å². The van der Waals surface area contributed by atoms with E-state index >= 15 is 0 Å². The number of nitrogens with zero attached hydrogens (tertiary/aromatic N) is 1. The molecule has 1 amide bonds. The van der Waals surface area contributed by atoms with Gasteiger partial charge in [0.1, 0.15) is 0 Å². The van der Waals surface area contributed by atoms with Gasteiger partial charge >= 0.3 is 0 Å². The first-order valence-corrected chi connectivity index (χ1v) is 9.37. The maximum absolute atomic E-state index is 12.5. The summed E-state index contributed by atoms with van der Waals surface area (Å²) in [6.45, 7) is 5.41. The molecule has 2 unspecified atom stereocenters. The Morgan fingerprint density at radius 3 is 3.05 bits per heavy atom. The summed E-state index contributed by atoms with van der Waals surface area (Å²) in [7, 11) is 0.743. The van der Waals surface area contributed by atoms with Gasteiger partial charge in [-0.1, -0.05) is 6.92 Å². The molecule has 2 fully saturated rings. The minimum atomic E-state index is 0.0852. The predicted molar refractivity (Wildman–Crippen MR) is 90.5 cm³/mol. The van der Waals surface area contributed by atoms with E-state index in [4.69, 9.17) is 0 Å². The summed E-state index contributed by atoms with van der Waals surface area (Å²) < 4.78 is 3.77. The van der Waals surface area contributed by atoms with Gasteiger partial charge in [0.15, 0.2) is 0 Å². The zero-order valence-electron chi connectivity index (χ0n) is 12.3. The molecular weight excluding hydrogens is 299 g/mol. The lowest BCUT2D eigenvalue weighted by molar-refractivity contribution is 0.0918. The Morgan fingerprint density at radius 2 is 2.33 bits per heavy atom. The average Bonchev–Trinajstić information content (AvgIpc) is 3.25. The van der Waals surface area contributed by atoms with Crippen molar-refractivity contribution in [2.45, 2.75) is 38.0 Å². The van der Waals surface area contributed by atoms with Crippen molar-refractivity contribution in [1.29, 1.82) is 0 Å². The first-order chi connectivity index (χ1) is 10.1. The Kier molecular flexibility index (Phi) is 3.11. The van der Waals surface area contributed by atoms with E-state index in [-0.39, 0.29) is 5.91 Å². The number of nitrogens with one attached hydrogen (secondary N) is 1. The van der Waals surface area contributed by atoms with Crippen LogP contribution in [0.25, 0.3) is 10.1 Å². The van der Waals surface area contributed by atoms with E-state index in [1.165, 1.54) is 28.5 Å². The summed E-state index contributed by atoms with van der Waals surface area (Å²) in [5.41, 5.74) is 2.36. The predicted octanol–water partition coefficient (Wildman–Crippen LogP) is 3.73. The van der Waals surface area contributed by atoms with Crippen LogP contribution >= 0.6 is 20.1 Å². The number of benzene rings is 1. The van der Waals surface area contributed by atoms with Gasteiger partial charge in [0.05, 0.1) is 5.78 Å². The number of likely N-dealkylation sites (N-methyl/N-ethyl adjacent to an activating group) is 1. The molecule has 0 radical (unpaired) electrons. The molecule has 1 aliphatic heterocycles. The molecule has 1 N–H and O–H groups in total. The van der Waals surface area contributed by atoms with E-state index in [9.17, 15) is 4.79 Å². The molecule has 1 saturated heterocycles. The van der Waals surface area contributed by atoms with Crippen LogP contribution < -0.4 is 5.32 Å². The molecule has 1 aromatic heterocycles. The van der Waals surface area contributed by atoms with Crippen LogP contribution in [0.3, 0.4) is 0 Å². The summed E-state index contributed by atoms with van der Waals surface area (Å²) >= 11 is 1.74. The number of carbonyl (C=O) groups is 1. The fourth-order valence-electron chi connectivity index (χ4n) is 3.27. The van der Waals surface area contributed by atoms with Gasteiger partial charge in [0.2, 0.25) is 0 Å². The smallest absolute Gasteiger partial charge is 0.251 e. The number of amides is 1. The second kappa shape index (κ2) is 4.77. The normalized spacial score (nSPS) is 24.4. The van der Waals surface area contributed by atoms with Crippen molar-refractivity contribution >= 4 is 36.1 Å². The largest absolute Gasteiger partial charge is 0.343 e. The summed E-state index contributed by atoms with van der Waals surface area (Å²) in [6.07, 6.45) is 2.48. The number of carbonyl (C=O) groups excluding carboxylic acids is 1. The van der Waals surface area contributed by atoms with Crippen LogP contribution in [0.2, 0.25) is 0 Å². The highest BCUT2D eigenvalue weighted by Crippen LogP contribution is 2.62. The lowest BCUT2D eigenvalue weighted by Gasteiger charge is -2.48. The standard InChI is InChI=1S/C16H19N2OPS/c1-3-18-16(6-7-16)15(20-18)17-14(19)11-4-5-13-12(8-11)10(2)9-21-13/h4-5,8-9,15,20H,3,6-7H2,1-2H3,(H,17,19). The molecule has 0 bridgehead atoms. The second-order valence-corrected chi connectivity index (χ2v) is 8.30. The highest BCUT2D eigenvalue weighted by atomic mass is 32.1. The second-order valence-electron chi connectivity index (χ2n) is 6.01. The number of fused-ring (bicyclic) bond motifs is 1. The molecule has 1 saturated carbocycles. The number of thiophene rings is 1. The van der Waals surface area contributed by atoms with Crippen LogP contribution in [0.15, 0.2) is 23.6 Å². The minimum absolute atomic E-state index is 0.0852. The number of hydrogen-bond donors (Lipinski definition) is 1. The molecule has 2 heterocycles. The third kappa shape index (κ3) is 2.04. The lowest BCUT2D eigenvalue weighted by atomic mass is 10.1. The van der Waals surface area contributed by atoms with Crippen molar-refractivity contribution in [3.05, 3.63) is 34.7 Å². The lowest BCUT2D eigenvalue weighted by Crippen LogP contribution is -2.58. The fraction of sp³-hybridized carbons (Fsp3) is 0.438. The fourth-order valence-corrected chi connectivity index (χ4v) is 5.98. The molecule has 1 spiro atoms. The Hall–Kier alpha value is -0.960.